The second-order valence-electron chi connectivity index (χ2n) is 5.44. The lowest BCUT2D eigenvalue weighted by molar-refractivity contribution is 0.292. The zero-order chi connectivity index (χ0) is 16.3. The van der Waals surface area contributed by atoms with Crippen LogP contribution in [0.5, 0.6) is 5.75 Å². The molecule has 3 N–H and O–H groups in total. The van der Waals surface area contributed by atoms with Gasteiger partial charge < -0.3 is 20.5 Å². The molecule has 0 heterocycles. The van der Waals surface area contributed by atoms with Crippen molar-refractivity contribution in [3.63, 3.8) is 0 Å². The molecule has 0 radical (unpaired) electrons. The Morgan fingerprint density at radius 1 is 0.958 bits per heavy atom. The molecule has 132 valence electrons. The van der Waals surface area contributed by atoms with Crippen molar-refractivity contribution in [1.29, 1.82) is 0 Å². The largest absolute Gasteiger partial charge is 0.497 e. The minimum Gasteiger partial charge on any atom is -0.497 e. The SMILES string of the molecule is COc1ccc(C(Cc2ccccc2)NCCNCCO)cc1.Cl. The van der Waals surface area contributed by atoms with Gasteiger partial charge in [-0.05, 0) is 29.7 Å². The van der Waals surface area contributed by atoms with Crippen molar-refractivity contribution in [1.82, 2.24) is 10.6 Å². The molecule has 0 fully saturated rings. The molecule has 24 heavy (non-hydrogen) atoms. The van der Waals surface area contributed by atoms with Crippen LogP contribution in [0.15, 0.2) is 54.6 Å². The fourth-order valence-electron chi connectivity index (χ4n) is 2.53. The van der Waals surface area contributed by atoms with Crippen LogP contribution in [0.2, 0.25) is 0 Å². The Labute approximate surface area is 150 Å². The number of rotatable bonds is 10. The van der Waals surface area contributed by atoms with Gasteiger partial charge in [0.15, 0.2) is 0 Å². The van der Waals surface area contributed by atoms with Gasteiger partial charge in [0.05, 0.1) is 13.7 Å². The van der Waals surface area contributed by atoms with Gasteiger partial charge in [-0.2, -0.15) is 0 Å². The van der Waals surface area contributed by atoms with E-state index in [0.717, 1.165) is 25.3 Å². The summed E-state index contributed by atoms with van der Waals surface area (Å²) in [6, 6.07) is 19.0. The van der Waals surface area contributed by atoms with E-state index in [4.69, 9.17) is 9.84 Å². The monoisotopic (exact) mass is 350 g/mol. The molecular weight excluding hydrogens is 324 g/mol. The molecule has 2 rings (SSSR count). The van der Waals surface area contributed by atoms with Gasteiger partial charge in [-0.1, -0.05) is 42.5 Å². The Hall–Kier alpha value is -1.59. The molecule has 5 heteroatoms. The third kappa shape index (κ3) is 6.89. The Balaban J connectivity index is 0.00000288. The van der Waals surface area contributed by atoms with E-state index < -0.39 is 0 Å². The normalized spacial score (nSPS) is 11.6. The highest BCUT2D eigenvalue weighted by molar-refractivity contribution is 5.85. The maximum absolute atomic E-state index is 8.80. The molecule has 1 atom stereocenters. The average Bonchev–Trinajstić information content (AvgIpc) is 2.61. The zero-order valence-electron chi connectivity index (χ0n) is 14.1. The summed E-state index contributed by atoms with van der Waals surface area (Å²) < 4.78 is 5.24. The highest BCUT2D eigenvalue weighted by Gasteiger charge is 2.11. The predicted octanol–water partition coefficient (Wildman–Crippen LogP) is 2.57. The maximum atomic E-state index is 8.80. The summed E-state index contributed by atoms with van der Waals surface area (Å²) in [5, 5.41) is 15.6. The van der Waals surface area contributed by atoms with Gasteiger partial charge in [0.2, 0.25) is 0 Å². The highest BCUT2D eigenvalue weighted by atomic mass is 35.5. The Morgan fingerprint density at radius 2 is 1.67 bits per heavy atom. The fraction of sp³-hybridized carbons (Fsp3) is 0.368. The highest BCUT2D eigenvalue weighted by Crippen LogP contribution is 2.21. The first-order chi connectivity index (χ1) is 11.3. The summed E-state index contributed by atoms with van der Waals surface area (Å²) in [4.78, 5) is 0. The summed E-state index contributed by atoms with van der Waals surface area (Å²) >= 11 is 0. The zero-order valence-corrected chi connectivity index (χ0v) is 14.9. The standard InChI is InChI=1S/C19H26N2O2.ClH/c1-23-18-9-7-17(8-10-18)19(21-12-11-20-13-14-22)15-16-5-3-2-4-6-16;/h2-10,19-22H,11-15H2,1H3;1H. The topological polar surface area (TPSA) is 53.5 Å². The van der Waals surface area contributed by atoms with Gasteiger partial charge >= 0.3 is 0 Å². The van der Waals surface area contributed by atoms with Crippen molar-refractivity contribution < 1.29 is 9.84 Å². The Morgan fingerprint density at radius 3 is 2.29 bits per heavy atom. The number of halogens is 1. The van der Waals surface area contributed by atoms with Crippen LogP contribution in [-0.4, -0.2) is 38.5 Å². The van der Waals surface area contributed by atoms with Crippen molar-refractivity contribution in [2.24, 2.45) is 0 Å². The van der Waals surface area contributed by atoms with E-state index in [9.17, 15) is 0 Å². The van der Waals surface area contributed by atoms with E-state index in [1.54, 1.807) is 7.11 Å². The second kappa shape index (κ2) is 11.9. The predicted molar refractivity (Wildman–Crippen MR) is 101 cm³/mol. The van der Waals surface area contributed by atoms with Gasteiger partial charge in [0.1, 0.15) is 5.75 Å². The third-order valence-corrected chi connectivity index (χ3v) is 3.78. The first-order valence-electron chi connectivity index (χ1n) is 8.06. The van der Waals surface area contributed by atoms with Crippen molar-refractivity contribution in [2.45, 2.75) is 12.5 Å². The minimum atomic E-state index is 0. The molecular formula is C19H27ClN2O2. The first-order valence-corrected chi connectivity index (χ1v) is 8.06. The summed E-state index contributed by atoms with van der Waals surface area (Å²) in [5.74, 6) is 0.872. The van der Waals surface area contributed by atoms with E-state index in [-0.39, 0.29) is 25.1 Å². The second-order valence-corrected chi connectivity index (χ2v) is 5.44. The van der Waals surface area contributed by atoms with Crippen molar-refractivity contribution >= 4 is 12.4 Å². The number of hydrogen-bond acceptors (Lipinski definition) is 4. The van der Waals surface area contributed by atoms with Gasteiger partial charge in [0.25, 0.3) is 0 Å². The minimum absolute atomic E-state index is 0. The summed E-state index contributed by atoms with van der Waals surface area (Å²) in [7, 11) is 1.68. The van der Waals surface area contributed by atoms with Crippen LogP contribution in [0, 0.1) is 0 Å². The van der Waals surface area contributed by atoms with Crippen LogP contribution in [-0.2, 0) is 6.42 Å². The van der Waals surface area contributed by atoms with E-state index in [2.05, 4.69) is 47.0 Å². The van der Waals surface area contributed by atoms with Crippen LogP contribution in [0.1, 0.15) is 17.2 Å². The molecule has 0 aromatic heterocycles. The lowest BCUT2D eigenvalue weighted by Gasteiger charge is -2.20. The Bertz CT molecular complexity index is 549. The van der Waals surface area contributed by atoms with Crippen molar-refractivity contribution in [2.75, 3.05) is 33.4 Å². The molecule has 2 aromatic carbocycles. The van der Waals surface area contributed by atoms with E-state index in [1.165, 1.54) is 11.1 Å². The number of aliphatic hydroxyl groups is 1. The number of hydrogen-bond donors (Lipinski definition) is 3. The fourth-order valence-corrected chi connectivity index (χ4v) is 2.53. The Kier molecular flexibility index (Phi) is 10.1. The van der Waals surface area contributed by atoms with Gasteiger partial charge in [-0.15, -0.1) is 12.4 Å². The van der Waals surface area contributed by atoms with E-state index in [0.29, 0.717) is 6.54 Å². The van der Waals surface area contributed by atoms with Crippen molar-refractivity contribution in [3.05, 3.63) is 65.7 Å². The van der Waals surface area contributed by atoms with E-state index in [1.807, 2.05) is 18.2 Å². The molecule has 0 amide bonds. The molecule has 0 aliphatic rings. The van der Waals surface area contributed by atoms with Crippen LogP contribution in [0.3, 0.4) is 0 Å². The molecule has 1 unspecified atom stereocenters. The molecule has 0 aliphatic carbocycles. The van der Waals surface area contributed by atoms with Gasteiger partial charge in [0, 0.05) is 25.7 Å². The number of methoxy groups -OCH3 is 1. The molecule has 0 spiro atoms. The number of nitrogens with one attached hydrogen (secondary N) is 2. The molecule has 4 nitrogen and oxygen atoms in total. The summed E-state index contributed by atoms with van der Waals surface area (Å²) in [6.07, 6.45) is 0.938. The molecule has 2 aromatic rings. The van der Waals surface area contributed by atoms with E-state index >= 15 is 0 Å². The number of aliphatic hydroxyl groups excluding tert-OH is 1. The van der Waals surface area contributed by atoms with Crippen molar-refractivity contribution in [3.8, 4) is 5.75 Å². The molecule has 0 bridgehead atoms. The van der Waals surface area contributed by atoms with Crippen LogP contribution < -0.4 is 15.4 Å². The van der Waals surface area contributed by atoms with Crippen LogP contribution >= 0.6 is 12.4 Å². The van der Waals surface area contributed by atoms with Gasteiger partial charge in [-0.25, -0.2) is 0 Å². The maximum Gasteiger partial charge on any atom is 0.118 e. The molecule has 0 aliphatic heterocycles. The summed E-state index contributed by atoms with van der Waals surface area (Å²) in [5.41, 5.74) is 2.56. The quantitative estimate of drug-likeness (QED) is 0.576. The van der Waals surface area contributed by atoms with Gasteiger partial charge in [-0.3, -0.25) is 0 Å². The summed E-state index contributed by atoms with van der Waals surface area (Å²) in [6.45, 7) is 2.49. The number of benzene rings is 2. The average molecular weight is 351 g/mol. The molecule has 0 saturated heterocycles. The lowest BCUT2D eigenvalue weighted by atomic mass is 9.98. The van der Waals surface area contributed by atoms with Crippen LogP contribution in [0.25, 0.3) is 0 Å². The third-order valence-electron chi connectivity index (χ3n) is 3.78. The molecule has 0 saturated carbocycles. The first kappa shape index (κ1) is 20.5. The lowest BCUT2D eigenvalue weighted by Crippen LogP contribution is -2.32. The number of ether oxygens (including phenoxy) is 1. The smallest absolute Gasteiger partial charge is 0.118 e. The van der Waals surface area contributed by atoms with Crippen LogP contribution in [0.4, 0.5) is 0 Å².